The summed E-state index contributed by atoms with van der Waals surface area (Å²) in [5, 5.41) is 0. The summed E-state index contributed by atoms with van der Waals surface area (Å²) in [6, 6.07) is 56.6. The molecular formula is C46H30N8. The molecule has 10 rings (SSSR count). The van der Waals surface area contributed by atoms with Crippen molar-refractivity contribution in [2.24, 2.45) is 0 Å². The first-order valence-electron chi connectivity index (χ1n) is 17.7. The molecule has 0 amide bonds. The summed E-state index contributed by atoms with van der Waals surface area (Å²) < 4.78 is 4.22. The summed E-state index contributed by atoms with van der Waals surface area (Å²) in [5.74, 6) is 0.581. The van der Waals surface area contributed by atoms with Gasteiger partial charge in [-0.3, -0.25) is 8.80 Å². The zero-order chi connectivity index (χ0) is 35.8. The lowest BCUT2D eigenvalue weighted by atomic mass is 10.1. The SMILES string of the molecule is c1ccc(-c2nc(-c3cccc(-c4nc5ccccn5c4-c4ccccc4)n3)cc(-c3cccc(-c4nc5ccccn5c4-c4ccccc4)n3)n2)cc1. The fourth-order valence-corrected chi connectivity index (χ4v) is 6.94. The van der Waals surface area contributed by atoms with Gasteiger partial charge >= 0.3 is 0 Å². The van der Waals surface area contributed by atoms with Gasteiger partial charge < -0.3 is 0 Å². The topological polar surface area (TPSA) is 86.2 Å². The summed E-state index contributed by atoms with van der Waals surface area (Å²) in [4.78, 5) is 30.7. The molecule has 7 heterocycles. The van der Waals surface area contributed by atoms with Crippen LogP contribution in [0.1, 0.15) is 0 Å². The van der Waals surface area contributed by atoms with Gasteiger partial charge in [-0.25, -0.2) is 29.9 Å². The number of hydrogen-bond acceptors (Lipinski definition) is 6. The number of fused-ring (bicyclic) bond motifs is 2. The first-order chi connectivity index (χ1) is 26.8. The number of hydrogen-bond donors (Lipinski definition) is 0. The third-order valence-electron chi connectivity index (χ3n) is 9.42. The number of nitrogens with zero attached hydrogens (tertiary/aromatic N) is 8. The first kappa shape index (κ1) is 31.2. The van der Waals surface area contributed by atoms with E-state index in [0.717, 1.165) is 62.1 Å². The van der Waals surface area contributed by atoms with Crippen molar-refractivity contribution < 1.29 is 0 Å². The molecule has 0 spiro atoms. The van der Waals surface area contributed by atoms with Crippen LogP contribution in [0.5, 0.6) is 0 Å². The van der Waals surface area contributed by atoms with Crippen LogP contribution in [0.15, 0.2) is 182 Å². The maximum atomic E-state index is 5.20. The summed E-state index contributed by atoms with van der Waals surface area (Å²) in [5.41, 5.74) is 12.5. The highest BCUT2D eigenvalue weighted by Gasteiger charge is 2.20. The summed E-state index contributed by atoms with van der Waals surface area (Å²) in [7, 11) is 0. The zero-order valence-electron chi connectivity index (χ0n) is 28.9. The molecule has 8 heteroatoms. The monoisotopic (exact) mass is 694 g/mol. The molecule has 0 saturated heterocycles. The molecule has 0 aliphatic heterocycles. The van der Waals surface area contributed by atoms with Crippen molar-refractivity contribution in [3.05, 3.63) is 182 Å². The van der Waals surface area contributed by atoms with Crippen molar-refractivity contribution in [2.75, 3.05) is 0 Å². The van der Waals surface area contributed by atoms with Crippen LogP contribution in [0.2, 0.25) is 0 Å². The first-order valence-corrected chi connectivity index (χ1v) is 17.7. The van der Waals surface area contributed by atoms with Gasteiger partial charge in [0.15, 0.2) is 5.82 Å². The number of rotatable bonds is 7. The molecule has 10 aromatic rings. The lowest BCUT2D eigenvalue weighted by molar-refractivity contribution is 1.15. The molecule has 254 valence electrons. The van der Waals surface area contributed by atoms with Crippen LogP contribution in [-0.4, -0.2) is 38.7 Å². The highest BCUT2D eigenvalue weighted by Crippen LogP contribution is 2.35. The minimum absolute atomic E-state index is 0.581. The number of benzene rings is 3. The van der Waals surface area contributed by atoms with Gasteiger partial charge in [-0.05, 0) is 54.6 Å². The highest BCUT2D eigenvalue weighted by atomic mass is 15.0. The van der Waals surface area contributed by atoms with Crippen LogP contribution in [0.3, 0.4) is 0 Å². The van der Waals surface area contributed by atoms with Crippen LogP contribution in [0, 0.1) is 0 Å². The van der Waals surface area contributed by atoms with Gasteiger partial charge in [0, 0.05) is 29.1 Å². The van der Waals surface area contributed by atoms with Crippen molar-refractivity contribution in [3.63, 3.8) is 0 Å². The van der Waals surface area contributed by atoms with E-state index in [1.807, 2.05) is 158 Å². The van der Waals surface area contributed by atoms with E-state index in [4.69, 9.17) is 29.9 Å². The third-order valence-corrected chi connectivity index (χ3v) is 9.42. The third kappa shape index (κ3) is 5.59. The predicted molar refractivity (Wildman–Crippen MR) is 213 cm³/mol. The van der Waals surface area contributed by atoms with Gasteiger partial charge in [0.2, 0.25) is 0 Å². The van der Waals surface area contributed by atoms with Crippen LogP contribution >= 0.6 is 0 Å². The maximum Gasteiger partial charge on any atom is 0.160 e. The van der Waals surface area contributed by atoms with Crippen LogP contribution in [-0.2, 0) is 0 Å². The zero-order valence-corrected chi connectivity index (χ0v) is 28.9. The Bertz CT molecular complexity index is 2760. The predicted octanol–water partition coefficient (Wildman–Crippen LogP) is 10.2. The second-order valence-corrected chi connectivity index (χ2v) is 12.9. The second kappa shape index (κ2) is 13.2. The Labute approximate surface area is 310 Å². The summed E-state index contributed by atoms with van der Waals surface area (Å²) in [6.07, 6.45) is 4.08. The van der Waals surface area contributed by atoms with Gasteiger partial charge in [0.1, 0.15) is 22.7 Å². The maximum absolute atomic E-state index is 5.20. The van der Waals surface area contributed by atoms with E-state index in [-0.39, 0.29) is 0 Å². The minimum atomic E-state index is 0.581. The van der Waals surface area contributed by atoms with E-state index < -0.39 is 0 Å². The summed E-state index contributed by atoms with van der Waals surface area (Å²) in [6.45, 7) is 0. The van der Waals surface area contributed by atoms with Crippen molar-refractivity contribution in [3.8, 4) is 79.5 Å². The van der Waals surface area contributed by atoms with Crippen LogP contribution in [0.25, 0.3) is 90.7 Å². The molecular weight excluding hydrogens is 665 g/mol. The largest absolute Gasteiger partial charge is 0.299 e. The van der Waals surface area contributed by atoms with E-state index in [9.17, 15) is 0 Å². The van der Waals surface area contributed by atoms with Gasteiger partial charge in [-0.2, -0.15) is 0 Å². The Hall–Kier alpha value is -7.58. The van der Waals surface area contributed by atoms with Crippen molar-refractivity contribution in [1.29, 1.82) is 0 Å². The van der Waals surface area contributed by atoms with E-state index in [2.05, 4.69) is 33.1 Å². The van der Waals surface area contributed by atoms with Crippen molar-refractivity contribution in [2.45, 2.75) is 0 Å². The van der Waals surface area contributed by atoms with E-state index in [0.29, 0.717) is 28.6 Å². The molecule has 0 aliphatic rings. The fraction of sp³-hybridized carbons (Fsp3) is 0. The van der Waals surface area contributed by atoms with Gasteiger partial charge in [-0.15, -0.1) is 0 Å². The molecule has 54 heavy (non-hydrogen) atoms. The van der Waals surface area contributed by atoms with E-state index in [1.54, 1.807) is 0 Å². The lowest BCUT2D eigenvalue weighted by Crippen LogP contribution is -1.99. The Morgan fingerprint density at radius 2 is 0.704 bits per heavy atom. The average molecular weight is 695 g/mol. The Kier molecular flexibility index (Phi) is 7.62. The highest BCUT2D eigenvalue weighted by molar-refractivity contribution is 5.83. The Morgan fingerprint density at radius 1 is 0.296 bits per heavy atom. The van der Waals surface area contributed by atoms with Gasteiger partial charge in [0.05, 0.1) is 45.6 Å². The Balaban J connectivity index is 1.12. The molecule has 0 radical (unpaired) electrons. The van der Waals surface area contributed by atoms with Crippen molar-refractivity contribution in [1.82, 2.24) is 38.7 Å². The molecule has 0 aliphatic carbocycles. The van der Waals surface area contributed by atoms with Gasteiger partial charge in [0.25, 0.3) is 0 Å². The molecule has 0 fully saturated rings. The van der Waals surface area contributed by atoms with E-state index in [1.165, 1.54) is 0 Å². The molecule has 0 N–H and O–H groups in total. The van der Waals surface area contributed by atoms with E-state index >= 15 is 0 Å². The van der Waals surface area contributed by atoms with Gasteiger partial charge in [-0.1, -0.05) is 115 Å². The number of aromatic nitrogens is 8. The number of imidazole rings is 2. The fourth-order valence-electron chi connectivity index (χ4n) is 6.94. The number of pyridine rings is 4. The Morgan fingerprint density at radius 3 is 1.17 bits per heavy atom. The molecule has 0 bridgehead atoms. The summed E-state index contributed by atoms with van der Waals surface area (Å²) >= 11 is 0. The smallest absolute Gasteiger partial charge is 0.160 e. The molecule has 0 unspecified atom stereocenters. The molecule has 0 saturated carbocycles. The normalized spacial score (nSPS) is 11.3. The minimum Gasteiger partial charge on any atom is -0.299 e. The van der Waals surface area contributed by atoms with Crippen molar-refractivity contribution >= 4 is 11.3 Å². The lowest BCUT2D eigenvalue weighted by Gasteiger charge is -2.11. The molecule has 3 aromatic carbocycles. The molecule has 0 atom stereocenters. The average Bonchev–Trinajstić information content (AvgIpc) is 3.84. The van der Waals surface area contributed by atoms with Crippen LogP contribution in [0.4, 0.5) is 0 Å². The standard InChI is InChI=1S/C46H30N8/c1-4-16-31(17-5-1)44-42(51-40-26-10-12-28-53(40)44)36-24-14-22-34(47-36)38-30-39(50-46(49-38)33-20-8-3-9-21-33)35-23-15-25-37(48-35)43-45(32-18-6-2-7-19-32)54-29-13-11-27-41(54)52-43/h1-30H. The quantitative estimate of drug-likeness (QED) is 0.165. The molecule has 8 nitrogen and oxygen atoms in total. The van der Waals surface area contributed by atoms with Crippen LogP contribution < -0.4 is 0 Å². The second-order valence-electron chi connectivity index (χ2n) is 12.9. The molecule has 7 aromatic heterocycles.